The first-order chi connectivity index (χ1) is 12.2. The summed E-state index contributed by atoms with van der Waals surface area (Å²) in [4.78, 5) is 10.3. The van der Waals surface area contributed by atoms with Gasteiger partial charge in [-0.15, -0.1) is 0 Å². The molecule has 1 aliphatic heterocycles. The molecule has 3 aromatic rings. The molecule has 1 saturated heterocycles. The second-order valence-electron chi connectivity index (χ2n) is 6.25. The highest BCUT2D eigenvalue weighted by Crippen LogP contribution is 2.31. The van der Waals surface area contributed by atoms with E-state index in [4.69, 9.17) is 9.47 Å². The smallest absolute Gasteiger partial charge is 0.201 e. The number of hydrogen-bond donors (Lipinski definition) is 2. The molecule has 2 heterocycles. The molecule has 1 fully saturated rings. The van der Waals surface area contributed by atoms with Gasteiger partial charge in [-0.1, -0.05) is 12.1 Å². The molecule has 1 atom stereocenters. The number of H-pyrrole nitrogens is 1. The number of fused-ring (bicyclic) bond motifs is 1. The van der Waals surface area contributed by atoms with Gasteiger partial charge < -0.3 is 24.7 Å². The lowest BCUT2D eigenvalue weighted by molar-refractivity contribution is 0.394. The van der Waals surface area contributed by atoms with Crippen LogP contribution >= 0.6 is 0 Å². The Labute approximate surface area is 146 Å². The third-order valence-corrected chi connectivity index (χ3v) is 4.62. The summed E-state index contributed by atoms with van der Waals surface area (Å²) in [6, 6.07) is 14.4. The van der Waals surface area contributed by atoms with Gasteiger partial charge in [0.25, 0.3) is 0 Å². The van der Waals surface area contributed by atoms with Crippen LogP contribution in [-0.2, 0) is 0 Å². The van der Waals surface area contributed by atoms with Crippen LogP contribution in [0.1, 0.15) is 6.42 Å². The van der Waals surface area contributed by atoms with Crippen LogP contribution in [0.3, 0.4) is 0 Å². The Hall–Kier alpha value is -2.89. The fraction of sp³-hybridized carbons (Fsp3) is 0.316. The van der Waals surface area contributed by atoms with Crippen LogP contribution < -0.4 is 19.7 Å². The van der Waals surface area contributed by atoms with Crippen molar-refractivity contribution in [1.82, 2.24) is 9.97 Å². The molecule has 0 radical (unpaired) electrons. The number of rotatable bonds is 5. The maximum Gasteiger partial charge on any atom is 0.201 e. The van der Waals surface area contributed by atoms with Gasteiger partial charge in [0.05, 0.1) is 25.3 Å². The van der Waals surface area contributed by atoms with Crippen molar-refractivity contribution in [2.45, 2.75) is 12.5 Å². The van der Waals surface area contributed by atoms with E-state index >= 15 is 0 Å². The Bertz CT molecular complexity index is 821. The lowest BCUT2D eigenvalue weighted by Gasteiger charge is -2.20. The number of nitrogens with zero attached hydrogens (tertiary/aromatic N) is 2. The number of ether oxygens (including phenoxy) is 2. The number of para-hydroxylation sites is 2. The van der Waals surface area contributed by atoms with E-state index in [-0.39, 0.29) is 0 Å². The molecule has 1 unspecified atom stereocenters. The topological polar surface area (TPSA) is 62.4 Å². The summed E-state index contributed by atoms with van der Waals surface area (Å²) in [6.45, 7) is 1.89. The third kappa shape index (κ3) is 3.20. The Morgan fingerprint density at radius 1 is 1.12 bits per heavy atom. The van der Waals surface area contributed by atoms with Gasteiger partial charge in [0.15, 0.2) is 0 Å². The van der Waals surface area contributed by atoms with E-state index in [1.165, 1.54) is 0 Å². The maximum atomic E-state index is 5.38. The van der Waals surface area contributed by atoms with E-state index in [1.54, 1.807) is 14.2 Å². The van der Waals surface area contributed by atoms with E-state index in [1.807, 2.05) is 42.5 Å². The van der Waals surface area contributed by atoms with Crippen molar-refractivity contribution in [3.8, 4) is 11.5 Å². The molecule has 2 N–H and O–H groups in total. The number of methoxy groups -OCH3 is 2. The molecule has 130 valence electrons. The third-order valence-electron chi connectivity index (χ3n) is 4.62. The molecule has 0 aliphatic carbocycles. The highest BCUT2D eigenvalue weighted by molar-refractivity contribution is 5.77. The highest BCUT2D eigenvalue weighted by atomic mass is 16.5. The van der Waals surface area contributed by atoms with Gasteiger partial charge in [-0.25, -0.2) is 4.98 Å². The molecular formula is C19H22N4O2. The average Bonchev–Trinajstić information content (AvgIpc) is 3.27. The largest absolute Gasteiger partial charge is 0.497 e. The van der Waals surface area contributed by atoms with Crippen LogP contribution in [0.4, 0.5) is 11.6 Å². The van der Waals surface area contributed by atoms with Gasteiger partial charge in [-0.3, -0.25) is 0 Å². The van der Waals surface area contributed by atoms with Crippen LogP contribution in [-0.4, -0.2) is 43.3 Å². The standard InChI is InChI=1S/C19H22N4O2/c1-24-15-9-14(10-16(11-15)25-2)23-8-7-13(12-23)20-19-21-17-5-3-4-6-18(17)22-19/h3-6,9-11,13H,7-8,12H2,1-2H3,(H2,20,21,22). The Kier molecular flexibility index (Phi) is 4.09. The molecule has 0 saturated carbocycles. The van der Waals surface area contributed by atoms with E-state index in [0.717, 1.165) is 53.7 Å². The van der Waals surface area contributed by atoms with E-state index in [2.05, 4.69) is 20.2 Å². The van der Waals surface area contributed by atoms with Crippen molar-refractivity contribution in [2.75, 3.05) is 37.5 Å². The summed E-state index contributed by atoms with van der Waals surface area (Å²) < 4.78 is 10.8. The molecule has 4 rings (SSSR count). The monoisotopic (exact) mass is 338 g/mol. The number of nitrogens with one attached hydrogen (secondary N) is 2. The second-order valence-corrected chi connectivity index (χ2v) is 6.25. The summed E-state index contributed by atoms with van der Waals surface area (Å²) in [5.74, 6) is 2.45. The van der Waals surface area contributed by atoms with Gasteiger partial charge in [0, 0.05) is 43.0 Å². The first kappa shape index (κ1) is 15.6. The Morgan fingerprint density at radius 3 is 2.60 bits per heavy atom. The molecule has 1 aromatic heterocycles. The van der Waals surface area contributed by atoms with Crippen molar-refractivity contribution >= 4 is 22.7 Å². The van der Waals surface area contributed by atoms with Gasteiger partial charge in [-0.2, -0.15) is 0 Å². The molecule has 0 bridgehead atoms. The van der Waals surface area contributed by atoms with Crippen LogP contribution in [0.2, 0.25) is 0 Å². The number of benzene rings is 2. The quantitative estimate of drug-likeness (QED) is 0.748. The number of aromatic nitrogens is 2. The Balaban J connectivity index is 1.47. The SMILES string of the molecule is COc1cc(OC)cc(N2CCC(Nc3nc4ccccc4[nH]3)C2)c1. The van der Waals surface area contributed by atoms with Crippen LogP contribution in [0.15, 0.2) is 42.5 Å². The van der Waals surface area contributed by atoms with Gasteiger partial charge in [0.2, 0.25) is 5.95 Å². The number of aromatic amines is 1. The molecule has 2 aromatic carbocycles. The first-order valence-electron chi connectivity index (χ1n) is 8.44. The van der Waals surface area contributed by atoms with Crippen molar-refractivity contribution in [2.24, 2.45) is 0 Å². The summed E-state index contributed by atoms with van der Waals surface area (Å²) >= 11 is 0. The number of imidazole rings is 1. The van der Waals surface area contributed by atoms with Crippen molar-refractivity contribution in [1.29, 1.82) is 0 Å². The zero-order chi connectivity index (χ0) is 17.2. The zero-order valence-corrected chi connectivity index (χ0v) is 14.5. The second kappa shape index (κ2) is 6.55. The molecule has 25 heavy (non-hydrogen) atoms. The van der Waals surface area contributed by atoms with E-state index in [9.17, 15) is 0 Å². The minimum atomic E-state index is 0.345. The molecule has 0 amide bonds. The predicted octanol–water partition coefficient (Wildman–Crippen LogP) is 3.27. The zero-order valence-electron chi connectivity index (χ0n) is 14.5. The summed E-state index contributed by atoms with van der Waals surface area (Å²) in [5.41, 5.74) is 3.15. The van der Waals surface area contributed by atoms with E-state index in [0.29, 0.717) is 6.04 Å². The normalized spacial score (nSPS) is 17.0. The fourth-order valence-electron chi connectivity index (χ4n) is 3.30. The molecule has 6 heteroatoms. The predicted molar refractivity (Wildman–Crippen MR) is 99.9 cm³/mol. The van der Waals surface area contributed by atoms with Crippen molar-refractivity contribution < 1.29 is 9.47 Å². The minimum Gasteiger partial charge on any atom is -0.497 e. The average molecular weight is 338 g/mol. The number of anilines is 2. The van der Waals surface area contributed by atoms with Crippen molar-refractivity contribution in [3.63, 3.8) is 0 Å². The first-order valence-corrected chi connectivity index (χ1v) is 8.44. The van der Waals surface area contributed by atoms with Gasteiger partial charge in [-0.05, 0) is 18.6 Å². The summed E-state index contributed by atoms with van der Waals surface area (Å²) in [6.07, 6.45) is 1.05. The summed E-state index contributed by atoms with van der Waals surface area (Å²) in [7, 11) is 3.35. The lowest BCUT2D eigenvalue weighted by Crippen LogP contribution is -2.26. The van der Waals surface area contributed by atoms with Crippen molar-refractivity contribution in [3.05, 3.63) is 42.5 Å². The molecule has 0 spiro atoms. The Morgan fingerprint density at radius 2 is 1.88 bits per heavy atom. The number of hydrogen-bond acceptors (Lipinski definition) is 5. The summed E-state index contributed by atoms with van der Waals surface area (Å²) in [5, 5.41) is 3.52. The van der Waals surface area contributed by atoms with Crippen LogP contribution in [0.25, 0.3) is 11.0 Å². The highest BCUT2D eigenvalue weighted by Gasteiger charge is 2.24. The lowest BCUT2D eigenvalue weighted by atomic mass is 10.2. The van der Waals surface area contributed by atoms with Crippen LogP contribution in [0, 0.1) is 0 Å². The molecular weight excluding hydrogens is 316 g/mol. The maximum absolute atomic E-state index is 5.38. The van der Waals surface area contributed by atoms with E-state index < -0.39 is 0 Å². The van der Waals surface area contributed by atoms with Gasteiger partial charge >= 0.3 is 0 Å². The molecule has 1 aliphatic rings. The van der Waals surface area contributed by atoms with Gasteiger partial charge in [0.1, 0.15) is 11.5 Å². The van der Waals surface area contributed by atoms with Crippen LogP contribution in [0.5, 0.6) is 11.5 Å². The molecule has 6 nitrogen and oxygen atoms in total. The fourth-order valence-corrected chi connectivity index (χ4v) is 3.30. The minimum absolute atomic E-state index is 0.345.